The van der Waals surface area contributed by atoms with Gasteiger partial charge in [-0.15, -0.1) is 0 Å². The Kier molecular flexibility index (Phi) is 10.6. The molecule has 1 unspecified atom stereocenters. The summed E-state index contributed by atoms with van der Waals surface area (Å²) >= 11 is 0. The van der Waals surface area contributed by atoms with Crippen molar-refractivity contribution < 1.29 is 5.11 Å². The third kappa shape index (κ3) is 10.8. The highest BCUT2D eigenvalue weighted by Crippen LogP contribution is 2.14. The molecule has 0 amide bonds. The summed E-state index contributed by atoms with van der Waals surface area (Å²) in [5, 5.41) is 15.8. The first-order chi connectivity index (χ1) is 8.99. The van der Waals surface area contributed by atoms with Crippen LogP contribution >= 0.6 is 0 Å². The van der Waals surface area contributed by atoms with Gasteiger partial charge in [0, 0.05) is 26.2 Å². The van der Waals surface area contributed by atoms with Gasteiger partial charge in [-0.3, -0.25) is 4.99 Å². The van der Waals surface area contributed by atoms with Crippen LogP contribution in [0.3, 0.4) is 0 Å². The molecule has 4 heteroatoms. The van der Waals surface area contributed by atoms with Gasteiger partial charge >= 0.3 is 0 Å². The van der Waals surface area contributed by atoms with E-state index in [0.29, 0.717) is 17.8 Å². The first kappa shape index (κ1) is 18.2. The monoisotopic (exact) mass is 271 g/mol. The predicted molar refractivity (Wildman–Crippen MR) is 83.5 cm³/mol. The fourth-order valence-electron chi connectivity index (χ4n) is 2.01. The second-order valence-electron chi connectivity index (χ2n) is 6.00. The molecule has 0 aromatic rings. The Morgan fingerprint density at radius 1 is 1.11 bits per heavy atom. The maximum Gasteiger partial charge on any atom is 0.191 e. The summed E-state index contributed by atoms with van der Waals surface area (Å²) in [7, 11) is 0. The Hall–Kier alpha value is -0.770. The molecule has 0 bridgehead atoms. The number of guanidine groups is 1. The lowest BCUT2D eigenvalue weighted by molar-refractivity contribution is 0.243. The minimum Gasteiger partial charge on any atom is -0.396 e. The summed E-state index contributed by atoms with van der Waals surface area (Å²) in [4.78, 5) is 4.56. The third-order valence-electron chi connectivity index (χ3n) is 2.86. The van der Waals surface area contributed by atoms with Crippen LogP contribution in [0.2, 0.25) is 0 Å². The van der Waals surface area contributed by atoms with Crippen LogP contribution in [0, 0.1) is 17.8 Å². The normalized spacial score (nSPS) is 14.0. The number of aliphatic hydroxyl groups is 1. The number of hydrogen-bond donors (Lipinski definition) is 3. The van der Waals surface area contributed by atoms with Gasteiger partial charge in [0.2, 0.25) is 0 Å². The van der Waals surface area contributed by atoms with E-state index in [-0.39, 0.29) is 6.61 Å². The van der Waals surface area contributed by atoms with Gasteiger partial charge in [-0.1, -0.05) is 27.7 Å². The van der Waals surface area contributed by atoms with Crippen molar-refractivity contribution in [2.24, 2.45) is 22.7 Å². The largest absolute Gasteiger partial charge is 0.396 e. The van der Waals surface area contributed by atoms with Gasteiger partial charge in [-0.2, -0.15) is 0 Å². The van der Waals surface area contributed by atoms with Crippen molar-refractivity contribution in [2.45, 2.75) is 47.5 Å². The summed E-state index contributed by atoms with van der Waals surface area (Å²) in [6.45, 7) is 13.7. The van der Waals surface area contributed by atoms with Gasteiger partial charge < -0.3 is 15.7 Å². The Bertz CT molecular complexity index is 240. The topological polar surface area (TPSA) is 56.7 Å². The number of nitrogens with one attached hydrogen (secondary N) is 2. The van der Waals surface area contributed by atoms with Crippen LogP contribution in [-0.2, 0) is 0 Å². The van der Waals surface area contributed by atoms with E-state index in [2.05, 4.69) is 50.2 Å². The van der Waals surface area contributed by atoms with Crippen LogP contribution in [0.4, 0.5) is 0 Å². The van der Waals surface area contributed by atoms with E-state index >= 15 is 0 Å². The van der Waals surface area contributed by atoms with Crippen molar-refractivity contribution in [1.82, 2.24) is 10.6 Å². The first-order valence-corrected chi connectivity index (χ1v) is 7.62. The lowest BCUT2D eigenvalue weighted by Gasteiger charge is -2.20. The van der Waals surface area contributed by atoms with E-state index in [0.717, 1.165) is 38.4 Å². The smallest absolute Gasteiger partial charge is 0.191 e. The van der Waals surface area contributed by atoms with Crippen LogP contribution in [0.5, 0.6) is 0 Å². The molecule has 4 nitrogen and oxygen atoms in total. The summed E-state index contributed by atoms with van der Waals surface area (Å²) in [5.41, 5.74) is 0. The van der Waals surface area contributed by atoms with Gasteiger partial charge in [0.05, 0.1) is 0 Å². The number of hydrogen-bond acceptors (Lipinski definition) is 2. The van der Waals surface area contributed by atoms with E-state index in [1.807, 2.05) is 0 Å². The fourth-order valence-corrected chi connectivity index (χ4v) is 2.01. The third-order valence-corrected chi connectivity index (χ3v) is 2.86. The van der Waals surface area contributed by atoms with Gasteiger partial charge in [-0.25, -0.2) is 0 Å². The van der Waals surface area contributed by atoms with Gasteiger partial charge in [0.15, 0.2) is 5.96 Å². The van der Waals surface area contributed by atoms with Crippen LogP contribution in [0.15, 0.2) is 4.99 Å². The number of rotatable bonds is 9. The zero-order chi connectivity index (χ0) is 14.7. The van der Waals surface area contributed by atoms with Gasteiger partial charge in [0.25, 0.3) is 0 Å². The highest BCUT2D eigenvalue weighted by Gasteiger charge is 2.11. The van der Waals surface area contributed by atoms with Crippen LogP contribution in [0.1, 0.15) is 47.5 Å². The lowest BCUT2D eigenvalue weighted by Crippen LogP contribution is -2.40. The predicted octanol–water partition coefficient (Wildman–Crippen LogP) is 2.24. The summed E-state index contributed by atoms with van der Waals surface area (Å²) in [5.74, 6) is 2.63. The van der Waals surface area contributed by atoms with Gasteiger partial charge in [-0.05, 0) is 37.5 Å². The molecule has 0 aliphatic heterocycles. The van der Waals surface area contributed by atoms with Crippen molar-refractivity contribution in [3.63, 3.8) is 0 Å². The van der Waals surface area contributed by atoms with E-state index in [9.17, 15) is 0 Å². The average Bonchev–Trinajstić information content (AvgIpc) is 2.32. The first-order valence-electron chi connectivity index (χ1n) is 7.62. The Balaban J connectivity index is 4.28. The van der Waals surface area contributed by atoms with E-state index in [1.54, 1.807) is 0 Å². The molecule has 0 aliphatic carbocycles. The molecule has 114 valence electrons. The summed E-state index contributed by atoms with van der Waals surface area (Å²) in [6.07, 6.45) is 1.99. The average molecular weight is 271 g/mol. The SMILES string of the molecule is CCNC(=NCC(C)C)NCC(CCO)CC(C)C. The second kappa shape index (κ2) is 11.1. The van der Waals surface area contributed by atoms with Crippen LogP contribution in [0.25, 0.3) is 0 Å². The van der Waals surface area contributed by atoms with Crippen molar-refractivity contribution in [2.75, 3.05) is 26.2 Å². The molecule has 0 aliphatic rings. The molecule has 0 saturated heterocycles. The Labute approximate surface area is 119 Å². The molecule has 0 heterocycles. The molecule has 0 radical (unpaired) electrons. The quantitative estimate of drug-likeness (QED) is 0.445. The van der Waals surface area contributed by atoms with Crippen molar-refractivity contribution in [1.29, 1.82) is 0 Å². The minimum atomic E-state index is 0.263. The molecule has 0 aromatic carbocycles. The highest BCUT2D eigenvalue weighted by molar-refractivity contribution is 5.79. The van der Waals surface area contributed by atoms with Crippen molar-refractivity contribution >= 4 is 5.96 Å². The summed E-state index contributed by atoms with van der Waals surface area (Å²) in [6, 6.07) is 0. The van der Waals surface area contributed by atoms with E-state index < -0.39 is 0 Å². The Morgan fingerprint density at radius 3 is 2.26 bits per heavy atom. The molecule has 0 fully saturated rings. The molecule has 0 rings (SSSR count). The van der Waals surface area contributed by atoms with E-state index in [4.69, 9.17) is 5.11 Å². The van der Waals surface area contributed by atoms with Crippen LogP contribution < -0.4 is 10.6 Å². The molecular formula is C15H33N3O. The molecule has 0 saturated carbocycles. The standard InChI is InChI=1S/C15H33N3O/c1-6-16-15(17-10-13(4)5)18-11-14(7-8-19)9-12(2)3/h12-14,19H,6-11H2,1-5H3,(H2,16,17,18). The molecule has 0 aromatic heterocycles. The number of aliphatic hydroxyl groups excluding tert-OH is 1. The number of aliphatic imine (C=N–C) groups is 1. The zero-order valence-electron chi connectivity index (χ0n) is 13.4. The minimum absolute atomic E-state index is 0.263. The molecule has 0 spiro atoms. The molecular weight excluding hydrogens is 238 g/mol. The van der Waals surface area contributed by atoms with Crippen LogP contribution in [-0.4, -0.2) is 37.3 Å². The fraction of sp³-hybridized carbons (Fsp3) is 0.933. The Morgan fingerprint density at radius 2 is 1.79 bits per heavy atom. The van der Waals surface area contributed by atoms with Crippen molar-refractivity contribution in [3.8, 4) is 0 Å². The summed E-state index contributed by atoms with van der Waals surface area (Å²) < 4.78 is 0. The second-order valence-corrected chi connectivity index (χ2v) is 6.00. The molecule has 1 atom stereocenters. The lowest BCUT2D eigenvalue weighted by atomic mass is 9.94. The number of nitrogens with zero attached hydrogens (tertiary/aromatic N) is 1. The van der Waals surface area contributed by atoms with Gasteiger partial charge in [0.1, 0.15) is 0 Å². The van der Waals surface area contributed by atoms with E-state index in [1.165, 1.54) is 0 Å². The molecule has 19 heavy (non-hydrogen) atoms. The van der Waals surface area contributed by atoms with Crippen molar-refractivity contribution in [3.05, 3.63) is 0 Å². The highest BCUT2D eigenvalue weighted by atomic mass is 16.3. The maximum atomic E-state index is 9.12. The maximum absolute atomic E-state index is 9.12. The molecule has 3 N–H and O–H groups in total. The zero-order valence-corrected chi connectivity index (χ0v) is 13.4.